The molecule has 150 valence electrons. The second kappa shape index (κ2) is 8.57. The van der Waals surface area contributed by atoms with Gasteiger partial charge in [0.2, 0.25) is 0 Å². The predicted molar refractivity (Wildman–Crippen MR) is 114 cm³/mol. The zero-order valence-corrected chi connectivity index (χ0v) is 15.7. The Bertz CT molecular complexity index is 1120. The van der Waals surface area contributed by atoms with Gasteiger partial charge >= 0.3 is 5.97 Å². The molecule has 2 unspecified atom stereocenters. The van der Waals surface area contributed by atoms with Gasteiger partial charge in [-0.2, -0.15) is 0 Å². The standard InChI is InChI=1S/C21H23N5O3/c22-17(20(28)29)9-13(11-25-21(23)24)14-6-3-4-8-16(14)18-10-12-5-1-2-7-15(12)19(27)26-18/h1-8,10,13,17H,9,11,22H2,(H,26,27)(H,28,29)(H4,23,24,25). The zero-order chi connectivity index (χ0) is 21.0. The number of rotatable bonds is 7. The maximum atomic E-state index is 12.5. The van der Waals surface area contributed by atoms with E-state index in [2.05, 4.69) is 9.98 Å². The quantitative estimate of drug-likeness (QED) is 0.301. The number of nitrogens with zero attached hydrogens (tertiary/aromatic N) is 1. The first-order valence-corrected chi connectivity index (χ1v) is 9.12. The van der Waals surface area contributed by atoms with Crippen molar-refractivity contribution in [2.45, 2.75) is 18.4 Å². The van der Waals surface area contributed by atoms with Crippen molar-refractivity contribution in [1.82, 2.24) is 4.98 Å². The van der Waals surface area contributed by atoms with E-state index in [1.54, 1.807) is 6.07 Å². The summed E-state index contributed by atoms with van der Waals surface area (Å²) >= 11 is 0. The number of hydrogen-bond donors (Lipinski definition) is 5. The lowest BCUT2D eigenvalue weighted by Gasteiger charge is -2.21. The molecule has 29 heavy (non-hydrogen) atoms. The van der Waals surface area contributed by atoms with Crippen LogP contribution in [0.4, 0.5) is 0 Å². The number of aliphatic carboxylic acids is 1. The third-order valence-electron chi connectivity index (χ3n) is 4.79. The Hall–Kier alpha value is -3.65. The van der Waals surface area contributed by atoms with E-state index in [9.17, 15) is 14.7 Å². The molecule has 0 saturated heterocycles. The van der Waals surface area contributed by atoms with Crippen molar-refractivity contribution >= 4 is 22.7 Å². The van der Waals surface area contributed by atoms with Gasteiger partial charge in [0, 0.05) is 29.1 Å². The van der Waals surface area contributed by atoms with Crippen LogP contribution in [0.15, 0.2) is 64.4 Å². The van der Waals surface area contributed by atoms with E-state index in [1.165, 1.54) is 0 Å². The Morgan fingerprint density at radius 1 is 1.10 bits per heavy atom. The molecule has 0 amide bonds. The molecular formula is C21H23N5O3. The first-order valence-electron chi connectivity index (χ1n) is 9.12. The van der Waals surface area contributed by atoms with Crippen molar-refractivity contribution in [1.29, 1.82) is 0 Å². The number of guanidine groups is 1. The molecule has 0 saturated carbocycles. The van der Waals surface area contributed by atoms with Crippen molar-refractivity contribution in [2.24, 2.45) is 22.2 Å². The van der Waals surface area contributed by atoms with Gasteiger partial charge in [-0.3, -0.25) is 14.6 Å². The van der Waals surface area contributed by atoms with E-state index < -0.39 is 12.0 Å². The number of aliphatic imine (C=N–C) groups is 1. The van der Waals surface area contributed by atoms with Gasteiger partial charge in [-0.1, -0.05) is 42.5 Å². The maximum Gasteiger partial charge on any atom is 0.320 e. The molecule has 0 aliphatic rings. The Balaban J connectivity index is 2.11. The summed E-state index contributed by atoms with van der Waals surface area (Å²) in [5, 5.41) is 10.6. The van der Waals surface area contributed by atoms with Crippen LogP contribution in [0.3, 0.4) is 0 Å². The fourth-order valence-electron chi connectivity index (χ4n) is 3.38. The molecule has 0 aliphatic carbocycles. The molecular weight excluding hydrogens is 370 g/mol. The van der Waals surface area contributed by atoms with Gasteiger partial charge in [0.25, 0.3) is 5.56 Å². The molecule has 8 nitrogen and oxygen atoms in total. The summed E-state index contributed by atoms with van der Waals surface area (Å²) < 4.78 is 0. The first-order chi connectivity index (χ1) is 13.9. The van der Waals surface area contributed by atoms with Crippen LogP contribution in [0.25, 0.3) is 22.0 Å². The van der Waals surface area contributed by atoms with Crippen molar-refractivity contribution < 1.29 is 9.90 Å². The third-order valence-corrected chi connectivity index (χ3v) is 4.79. The van der Waals surface area contributed by atoms with E-state index in [0.717, 1.165) is 16.5 Å². The van der Waals surface area contributed by atoms with Gasteiger partial charge in [-0.05, 0) is 29.5 Å². The molecule has 8 N–H and O–H groups in total. The van der Waals surface area contributed by atoms with Gasteiger partial charge in [0.1, 0.15) is 6.04 Å². The highest BCUT2D eigenvalue weighted by Gasteiger charge is 2.23. The molecule has 0 fully saturated rings. The molecule has 2 atom stereocenters. The minimum atomic E-state index is -1.10. The largest absolute Gasteiger partial charge is 0.480 e. The molecule has 0 spiro atoms. The SMILES string of the molecule is NC(N)=NCC(CC(N)C(=O)O)c1ccccc1-c1cc2ccccc2c(=O)[nH]1. The van der Waals surface area contributed by atoms with Gasteiger partial charge < -0.3 is 27.3 Å². The number of carboxylic acids is 1. The molecule has 0 radical (unpaired) electrons. The number of aromatic nitrogens is 1. The molecule has 8 heteroatoms. The molecule has 2 aromatic carbocycles. The number of carbonyl (C=O) groups is 1. The predicted octanol–water partition coefficient (Wildman–Crippen LogP) is 1.35. The highest BCUT2D eigenvalue weighted by Crippen LogP contribution is 2.31. The van der Waals surface area contributed by atoms with Crippen LogP contribution in [0, 0.1) is 0 Å². The van der Waals surface area contributed by atoms with Gasteiger partial charge in [-0.25, -0.2) is 0 Å². The number of nitrogens with two attached hydrogens (primary N) is 3. The number of fused-ring (bicyclic) bond motifs is 1. The maximum absolute atomic E-state index is 12.5. The topological polar surface area (TPSA) is 161 Å². The monoisotopic (exact) mass is 393 g/mol. The van der Waals surface area contributed by atoms with Crippen molar-refractivity contribution in [3.05, 3.63) is 70.5 Å². The molecule has 0 aliphatic heterocycles. The molecule has 3 rings (SSSR count). The normalized spacial score (nSPS) is 13.0. The van der Waals surface area contributed by atoms with Crippen molar-refractivity contribution in [3.63, 3.8) is 0 Å². The van der Waals surface area contributed by atoms with E-state index in [4.69, 9.17) is 17.2 Å². The summed E-state index contributed by atoms with van der Waals surface area (Å²) in [7, 11) is 0. The number of carboxylic acid groups (broad SMARTS) is 1. The third kappa shape index (κ3) is 4.61. The number of hydrogen-bond acceptors (Lipinski definition) is 4. The Kier molecular flexibility index (Phi) is 5.94. The molecule has 3 aromatic rings. The Labute approximate surface area is 167 Å². The molecule has 1 heterocycles. The fraction of sp³-hybridized carbons (Fsp3) is 0.190. The van der Waals surface area contributed by atoms with Crippen LogP contribution in [-0.4, -0.2) is 34.6 Å². The van der Waals surface area contributed by atoms with Gasteiger partial charge in [-0.15, -0.1) is 0 Å². The van der Waals surface area contributed by atoms with E-state index in [1.807, 2.05) is 48.5 Å². The summed E-state index contributed by atoms with van der Waals surface area (Å²) in [6.45, 7) is 0.179. The number of pyridine rings is 1. The lowest BCUT2D eigenvalue weighted by Crippen LogP contribution is -2.33. The molecule has 0 bridgehead atoms. The smallest absolute Gasteiger partial charge is 0.320 e. The number of benzene rings is 2. The van der Waals surface area contributed by atoms with Crippen LogP contribution in [0.2, 0.25) is 0 Å². The number of nitrogens with one attached hydrogen (secondary N) is 1. The zero-order valence-electron chi connectivity index (χ0n) is 15.7. The van der Waals surface area contributed by atoms with Crippen LogP contribution in [0.1, 0.15) is 17.9 Å². The van der Waals surface area contributed by atoms with Gasteiger partial charge in [0.05, 0.1) is 0 Å². The Morgan fingerprint density at radius 3 is 2.52 bits per heavy atom. The number of H-pyrrole nitrogens is 1. The summed E-state index contributed by atoms with van der Waals surface area (Å²) in [6.07, 6.45) is 0.140. The average Bonchev–Trinajstić information content (AvgIpc) is 2.70. The second-order valence-corrected chi connectivity index (χ2v) is 6.83. The van der Waals surface area contributed by atoms with Crippen LogP contribution >= 0.6 is 0 Å². The van der Waals surface area contributed by atoms with Crippen LogP contribution in [0.5, 0.6) is 0 Å². The Morgan fingerprint density at radius 2 is 1.79 bits per heavy atom. The summed E-state index contributed by atoms with van der Waals surface area (Å²) in [6, 6.07) is 15.5. The van der Waals surface area contributed by atoms with Crippen LogP contribution in [-0.2, 0) is 4.79 Å². The van der Waals surface area contributed by atoms with Crippen molar-refractivity contribution in [2.75, 3.05) is 6.54 Å². The van der Waals surface area contributed by atoms with E-state index in [0.29, 0.717) is 11.1 Å². The van der Waals surface area contributed by atoms with Crippen molar-refractivity contribution in [3.8, 4) is 11.3 Å². The molecule has 1 aromatic heterocycles. The minimum Gasteiger partial charge on any atom is -0.480 e. The van der Waals surface area contributed by atoms with Crippen LogP contribution < -0.4 is 22.8 Å². The lowest BCUT2D eigenvalue weighted by atomic mass is 9.87. The second-order valence-electron chi connectivity index (χ2n) is 6.83. The highest BCUT2D eigenvalue weighted by atomic mass is 16.4. The number of aromatic amines is 1. The lowest BCUT2D eigenvalue weighted by molar-refractivity contribution is -0.138. The van der Waals surface area contributed by atoms with E-state index in [-0.39, 0.29) is 30.4 Å². The highest BCUT2D eigenvalue weighted by molar-refractivity contribution is 5.85. The minimum absolute atomic E-state index is 0.0875. The summed E-state index contributed by atoms with van der Waals surface area (Å²) in [5.41, 5.74) is 18.7. The summed E-state index contributed by atoms with van der Waals surface area (Å²) in [4.78, 5) is 30.8. The van der Waals surface area contributed by atoms with E-state index >= 15 is 0 Å². The average molecular weight is 393 g/mol. The summed E-state index contributed by atoms with van der Waals surface area (Å²) in [5.74, 6) is -1.54. The first kappa shape index (κ1) is 20.1. The fourth-order valence-corrected chi connectivity index (χ4v) is 3.38. The van der Waals surface area contributed by atoms with Gasteiger partial charge in [0.15, 0.2) is 5.96 Å².